The van der Waals surface area contributed by atoms with Crippen LogP contribution in [0.15, 0.2) is 0 Å². The topological polar surface area (TPSA) is 12.0 Å². The molecule has 0 radical (unpaired) electrons. The molecule has 0 bridgehead atoms. The number of rotatable bonds is 5. The molecule has 0 saturated carbocycles. The van der Waals surface area contributed by atoms with Gasteiger partial charge in [-0.1, -0.05) is 0 Å². The van der Waals surface area contributed by atoms with Crippen LogP contribution in [0, 0.1) is 0 Å². The van der Waals surface area contributed by atoms with Crippen molar-refractivity contribution < 1.29 is 4.48 Å². The molecule has 3 heteroatoms. The van der Waals surface area contributed by atoms with Gasteiger partial charge in [-0.05, 0) is 6.17 Å². The van der Waals surface area contributed by atoms with E-state index in [1.165, 1.54) is 35.9 Å². The molecule has 0 heterocycles. The lowest BCUT2D eigenvalue weighted by Crippen LogP contribution is -2.36. The van der Waals surface area contributed by atoms with E-state index in [2.05, 4.69) is 26.5 Å². The van der Waals surface area contributed by atoms with Crippen LogP contribution in [0.4, 0.5) is 0 Å². The second-order valence-electron chi connectivity index (χ2n) is 3.72. The number of hydrogen-bond acceptors (Lipinski definition) is 1. The summed E-state index contributed by atoms with van der Waals surface area (Å²) in [6, 6.07) is 0. The van der Waals surface area contributed by atoms with Crippen LogP contribution < -0.4 is 5.32 Å². The Morgan fingerprint density at radius 3 is 2.30 bits per heavy atom. The first kappa shape index (κ1) is 10.1. The predicted molar refractivity (Wildman–Crippen MR) is 50.3 cm³/mol. The molecule has 0 fully saturated rings. The van der Waals surface area contributed by atoms with E-state index in [9.17, 15) is 0 Å². The van der Waals surface area contributed by atoms with E-state index in [0.717, 1.165) is 4.48 Å². The van der Waals surface area contributed by atoms with Crippen molar-refractivity contribution in [2.45, 2.75) is 6.42 Å². The Labute approximate surface area is 67.6 Å². The van der Waals surface area contributed by atoms with E-state index in [4.69, 9.17) is 0 Å². The molecule has 10 heavy (non-hydrogen) atoms. The van der Waals surface area contributed by atoms with Gasteiger partial charge < -0.3 is 9.80 Å². The molecule has 0 aromatic carbocycles. The molecule has 0 amide bonds. The van der Waals surface area contributed by atoms with Crippen LogP contribution in [0.1, 0.15) is 6.42 Å². The summed E-state index contributed by atoms with van der Waals surface area (Å²) in [5.74, 6) is 0. The van der Waals surface area contributed by atoms with Gasteiger partial charge in [0.25, 0.3) is 0 Å². The van der Waals surface area contributed by atoms with Crippen molar-refractivity contribution in [3.63, 3.8) is 0 Å². The fourth-order valence-electron chi connectivity index (χ4n) is 0.855. The Morgan fingerprint density at radius 1 is 1.30 bits per heavy atom. The van der Waals surface area contributed by atoms with E-state index in [0.29, 0.717) is 0 Å². The van der Waals surface area contributed by atoms with Crippen molar-refractivity contribution in [2.75, 3.05) is 40.4 Å². The average molecular weight is 161 g/mol. The molecule has 62 valence electrons. The normalized spacial score (nSPS) is 12.3. The lowest BCUT2D eigenvalue weighted by atomic mass is 10.4. The fourth-order valence-corrected chi connectivity index (χ4v) is 1.21. The summed E-state index contributed by atoms with van der Waals surface area (Å²) in [7, 11) is 7.99. The highest BCUT2D eigenvalue weighted by Crippen LogP contribution is 1.91. The lowest BCUT2D eigenvalue weighted by Gasteiger charge is -2.23. The molecule has 0 aromatic heterocycles. The number of quaternary nitrogens is 1. The first-order chi connectivity index (χ1) is 4.56. The van der Waals surface area contributed by atoms with E-state index in [1.54, 1.807) is 0 Å². The van der Waals surface area contributed by atoms with Crippen LogP contribution in [0.3, 0.4) is 0 Å². The summed E-state index contributed by atoms with van der Waals surface area (Å²) < 4.78 is 1.09. The molecule has 0 spiro atoms. The van der Waals surface area contributed by atoms with E-state index in [-0.39, 0.29) is 0 Å². The third kappa shape index (κ3) is 8.14. The molecule has 0 atom stereocenters. The molecule has 2 nitrogen and oxygen atoms in total. The minimum atomic E-state index is 1.09. The smallest absolute Gasteiger partial charge is 0.0792 e. The van der Waals surface area contributed by atoms with E-state index < -0.39 is 0 Å². The predicted octanol–water partition coefficient (Wildman–Crippen LogP) is -1.00. The van der Waals surface area contributed by atoms with Gasteiger partial charge in [0.15, 0.2) is 0 Å². The van der Waals surface area contributed by atoms with Gasteiger partial charge in [-0.25, -0.2) is 0 Å². The quantitative estimate of drug-likeness (QED) is 0.310. The molecule has 0 aliphatic rings. The van der Waals surface area contributed by atoms with Crippen molar-refractivity contribution >= 4 is 10.2 Å². The highest BCUT2D eigenvalue weighted by atomic mass is 28.1. The summed E-state index contributed by atoms with van der Waals surface area (Å²) in [5, 5.41) is 3.37. The Balaban J connectivity index is 3.04. The van der Waals surface area contributed by atoms with Gasteiger partial charge in [0.1, 0.15) is 0 Å². The molecule has 0 saturated heterocycles. The first-order valence-corrected chi connectivity index (χ1v) is 5.49. The maximum absolute atomic E-state index is 3.37. The van der Waals surface area contributed by atoms with E-state index in [1.807, 2.05) is 0 Å². The standard InChI is InChI=1S/C7H21N2Si/c1-9(2,3)6-4-5-8-7-10/h8H,4-7H2,1-3,10H3/q+1. The third-order valence-corrected chi connectivity index (χ3v) is 1.93. The zero-order chi connectivity index (χ0) is 8.04. The van der Waals surface area contributed by atoms with Crippen LogP contribution in [-0.4, -0.2) is 55.1 Å². The molecule has 0 unspecified atom stereocenters. The Bertz CT molecular complexity index is 78.2. The van der Waals surface area contributed by atoms with Crippen LogP contribution in [-0.2, 0) is 0 Å². The monoisotopic (exact) mass is 161 g/mol. The molecule has 0 aromatic rings. The van der Waals surface area contributed by atoms with Crippen molar-refractivity contribution in [1.82, 2.24) is 5.32 Å². The second kappa shape index (κ2) is 4.88. The van der Waals surface area contributed by atoms with Crippen LogP contribution >= 0.6 is 0 Å². The van der Waals surface area contributed by atoms with Gasteiger partial charge in [-0.15, -0.1) is 0 Å². The lowest BCUT2D eigenvalue weighted by molar-refractivity contribution is -0.870. The minimum absolute atomic E-state index is 1.09. The van der Waals surface area contributed by atoms with Crippen molar-refractivity contribution in [3.8, 4) is 0 Å². The largest absolute Gasteiger partial charge is 0.331 e. The maximum atomic E-state index is 3.37. The maximum Gasteiger partial charge on any atom is 0.0792 e. The highest BCUT2D eigenvalue weighted by Gasteiger charge is 2.04. The molecule has 0 aliphatic carbocycles. The van der Waals surface area contributed by atoms with Crippen molar-refractivity contribution in [1.29, 1.82) is 0 Å². The molecular weight excluding hydrogens is 140 g/mol. The van der Waals surface area contributed by atoms with Gasteiger partial charge in [-0.3, -0.25) is 0 Å². The van der Waals surface area contributed by atoms with Gasteiger partial charge >= 0.3 is 0 Å². The average Bonchev–Trinajstić information content (AvgIpc) is 1.78. The van der Waals surface area contributed by atoms with Gasteiger partial charge in [0.05, 0.1) is 27.7 Å². The third-order valence-electron chi connectivity index (χ3n) is 1.43. The molecular formula is C7H21N2Si+. The molecule has 1 N–H and O–H groups in total. The van der Waals surface area contributed by atoms with Crippen molar-refractivity contribution in [3.05, 3.63) is 0 Å². The summed E-state index contributed by atoms with van der Waals surface area (Å²) in [6.07, 6.45) is 2.53. The van der Waals surface area contributed by atoms with Gasteiger partial charge in [0, 0.05) is 23.2 Å². The summed E-state index contributed by atoms with van der Waals surface area (Å²) in [6.45, 7) is 2.47. The fraction of sp³-hybridized carbons (Fsp3) is 1.00. The minimum Gasteiger partial charge on any atom is -0.331 e. The van der Waals surface area contributed by atoms with Crippen LogP contribution in [0.25, 0.3) is 0 Å². The Hall–Kier alpha value is 0.137. The Kier molecular flexibility index (Phi) is 4.94. The van der Waals surface area contributed by atoms with E-state index >= 15 is 0 Å². The first-order valence-electron chi connectivity index (χ1n) is 4.07. The van der Waals surface area contributed by atoms with Crippen LogP contribution in [0.5, 0.6) is 0 Å². The number of nitrogens with zero attached hydrogens (tertiary/aromatic N) is 1. The summed E-state index contributed by atoms with van der Waals surface area (Å²) >= 11 is 0. The highest BCUT2D eigenvalue weighted by molar-refractivity contribution is 6.08. The second-order valence-corrected chi connectivity index (χ2v) is 4.43. The number of nitrogens with one attached hydrogen (secondary N) is 1. The van der Waals surface area contributed by atoms with Crippen LogP contribution in [0.2, 0.25) is 0 Å². The Morgan fingerprint density at radius 2 is 1.90 bits per heavy atom. The summed E-state index contributed by atoms with van der Waals surface area (Å²) in [4.78, 5) is 0. The summed E-state index contributed by atoms with van der Waals surface area (Å²) in [5.41, 5.74) is 0. The van der Waals surface area contributed by atoms with Crippen molar-refractivity contribution in [2.24, 2.45) is 0 Å². The molecule has 0 rings (SSSR count). The van der Waals surface area contributed by atoms with Gasteiger partial charge in [0.2, 0.25) is 0 Å². The number of hydrogen-bond donors (Lipinski definition) is 1. The zero-order valence-corrected chi connectivity index (χ0v) is 9.78. The zero-order valence-electron chi connectivity index (χ0n) is 7.78. The molecule has 0 aliphatic heterocycles. The van der Waals surface area contributed by atoms with Gasteiger partial charge in [-0.2, -0.15) is 0 Å². The SMILES string of the molecule is C[N+](C)(C)CCCNC[SiH3].